The lowest BCUT2D eigenvalue weighted by molar-refractivity contribution is 0.283. The number of hydrogen-bond donors (Lipinski definition) is 1. The number of nitrogens with zero attached hydrogens (tertiary/aromatic N) is 1. The third-order valence-corrected chi connectivity index (χ3v) is 5.94. The smallest absolute Gasteiger partial charge is 0.0946 e. The van der Waals surface area contributed by atoms with Gasteiger partial charge in [0.25, 0.3) is 0 Å². The summed E-state index contributed by atoms with van der Waals surface area (Å²) in [4.78, 5) is 6.16. The van der Waals surface area contributed by atoms with Crippen LogP contribution in [0, 0.1) is 19.8 Å². The van der Waals surface area contributed by atoms with Crippen LogP contribution in [-0.2, 0) is 6.42 Å². The minimum atomic E-state index is 0.632. The van der Waals surface area contributed by atoms with Crippen molar-refractivity contribution >= 4 is 11.3 Å². The van der Waals surface area contributed by atoms with Gasteiger partial charge < -0.3 is 5.32 Å². The molecule has 0 aromatic carbocycles. The molecule has 2 nitrogen and oxygen atoms in total. The van der Waals surface area contributed by atoms with Crippen LogP contribution in [0.15, 0.2) is 0 Å². The van der Waals surface area contributed by atoms with Gasteiger partial charge in [-0.1, -0.05) is 39.0 Å². The molecule has 1 aromatic rings. The highest BCUT2D eigenvalue weighted by Crippen LogP contribution is 2.28. The lowest BCUT2D eigenvalue weighted by atomic mass is 9.84. The van der Waals surface area contributed by atoms with Crippen molar-refractivity contribution < 1.29 is 0 Å². The van der Waals surface area contributed by atoms with Crippen molar-refractivity contribution in [2.75, 3.05) is 6.54 Å². The van der Waals surface area contributed by atoms with Crippen molar-refractivity contribution in [2.24, 2.45) is 5.92 Å². The highest BCUT2D eigenvalue weighted by Gasteiger charge is 2.23. The van der Waals surface area contributed by atoms with Gasteiger partial charge in [0.15, 0.2) is 0 Å². The number of aromatic nitrogens is 1. The Kier molecular flexibility index (Phi) is 7.18. The molecule has 2 rings (SSSR count). The van der Waals surface area contributed by atoms with Crippen LogP contribution in [0.5, 0.6) is 0 Å². The minimum Gasteiger partial charge on any atom is -0.313 e. The molecular formula is C18H32N2S. The fraction of sp³-hybridized carbons (Fsp3) is 0.833. The van der Waals surface area contributed by atoms with Crippen molar-refractivity contribution in [1.29, 1.82) is 0 Å². The molecule has 0 saturated heterocycles. The summed E-state index contributed by atoms with van der Waals surface area (Å²) in [7, 11) is 0. The van der Waals surface area contributed by atoms with Gasteiger partial charge >= 0.3 is 0 Å². The maximum absolute atomic E-state index is 4.77. The molecule has 1 aliphatic rings. The molecule has 0 radical (unpaired) electrons. The largest absolute Gasteiger partial charge is 0.313 e. The summed E-state index contributed by atoms with van der Waals surface area (Å²) in [5.41, 5.74) is 1.22. The van der Waals surface area contributed by atoms with Crippen molar-refractivity contribution in [3.05, 3.63) is 15.6 Å². The van der Waals surface area contributed by atoms with Gasteiger partial charge in [-0.2, -0.15) is 0 Å². The summed E-state index contributed by atoms with van der Waals surface area (Å²) in [6, 6.07) is 0.632. The first kappa shape index (κ1) is 17.0. The number of nitrogens with one attached hydrogen (secondary N) is 1. The number of thiazole rings is 1. The maximum Gasteiger partial charge on any atom is 0.0946 e. The van der Waals surface area contributed by atoms with E-state index in [0.717, 1.165) is 18.9 Å². The van der Waals surface area contributed by atoms with Crippen LogP contribution in [0.2, 0.25) is 0 Å². The van der Waals surface area contributed by atoms with E-state index in [-0.39, 0.29) is 0 Å². The first-order valence-electron chi connectivity index (χ1n) is 8.87. The first-order chi connectivity index (χ1) is 10.2. The van der Waals surface area contributed by atoms with Gasteiger partial charge in [-0.25, -0.2) is 4.98 Å². The standard InChI is InChI=1S/C18H32N2S/c1-4-12-19-17(13-18-20-14(2)15(3)21-18)16-10-8-6-5-7-9-11-16/h16-17,19H,4-13H2,1-3H3. The molecule has 0 bridgehead atoms. The van der Waals surface area contributed by atoms with Gasteiger partial charge in [-0.05, 0) is 45.6 Å². The van der Waals surface area contributed by atoms with Crippen molar-refractivity contribution in [3.8, 4) is 0 Å². The number of rotatable bonds is 6. The zero-order valence-corrected chi connectivity index (χ0v) is 14.9. The fourth-order valence-electron chi connectivity index (χ4n) is 3.44. The van der Waals surface area contributed by atoms with Gasteiger partial charge in [-0.3, -0.25) is 0 Å². The second-order valence-corrected chi connectivity index (χ2v) is 7.91. The number of aryl methyl sites for hydroxylation is 2. The Bertz CT molecular complexity index is 386. The van der Waals surface area contributed by atoms with E-state index >= 15 is 0 Å². The molecule has 0 spiro atoms. The first-order valence-corrected chi connectivity index (χ1v) is 9.68. The van der Waals surface area contributed by atoms with Crippen LogP contribution >= 0.6 is 11.3 Å². The molecule has 3 heteroatoms. The summed E-state index contributed by atoms with van der Waals surface area (Å²) in [5, 5.41) is 5.17. The summed E-state index contributed by atoms with van der Waals surface area (Å²) < 4.78 is 0. The van der Waals surface area contributed by atoms with Gasteiger partial charge in [0.2, 0.25) is 0 Å². The topological polar surface area (TPSA) is 24.9 Å². The molecule has 1 saturated carbocycles. The third-order valence-electron chi connectivity index (χ3n) is 4.84. The summed E-state index contributed by atoms with van der Waals surface area (Å²) >= 11 is 1.90. The lowest BCUT2D eigenvalue weighted by Gasteiger charge is -2.29. The Labute approximate surface area is 134 Å². The summed E-state index contributed by atoms with van der Waals surface area (Å²) in [5.74, 6) is 0.848. The van der Waals surface area contributed by atoms with E-state index < -0.39 is 0 Å². The Hall–Kier alpha value is -0.410. The monoisotopic (exact) mass is 308 g/mol. The van der Waals surface area contributed by atoms with E-state index in [0.29, 0.717) is 6.04 Å². The molecule has 1 fully saturated rings. The second-order valence-electron chi connectivity index (χ2n) is 6.62. The molecule has 1 aliphatic carbocycles. The highest BCUT2D eigenvalue weighted by molar-refractivity contribution is 7.11. The molecule has 0 aliphatic heterocycles. The van der Waals surface area contributed by atoms with Crippen LogP contribution in [0.25, 0.3) is 0 Å². The molecule has 120 valence electrons. The molecule has 1 N–H and O–H groups in total. The van der Waals surface area contributed by atoms with Crippen LogP contribution in [0.4, 0.5) is 0 Å². The molecule has 1 heterocycles. The Morgan fingerprint density at radius 2 is 1.81 bits per heavy atom. The van der Waals surface area contributed by atoms with E-state index in [1.54, 1.807) is 0 Å². The Balaban J connectivity index is 2.01. The van der Waals surface area contributed by atoms with Crippen LogP contribution < -0.4 is 5.32 Å². The molecule has 1 unspecified atom stereocenters. The quantitative estimate of drug-likeness (QED) is 0.797. The molecular weight excluding hydrogens is 276 g/mol. The normalized spacial score (nSPS) is 19.2. The van der Waals surface area contributed by atoms with Crippen LogP contribution in [-0.4, -0.2) is 17.6 Å². The van der Waals surface area contributed by atoms with Crippen LogP contribution in [0.1, 0.15) is 73.9 Å². The Morgan fingerprint density at radius 1 is 1.14 bits per heavy atom. The van der Waals surface area contributed by atoms with Gasteiger partial charge in [0.1, 0.15) is 0 Å². The maximum atomic E-state index is 4.77. The zero-order valence-electron chi connectivity index (χ0n) is 14.1. The van der Waals surface area contributed by atoms with Gasteiger partial charge in [0, 0.05) is 17.3 Å². The van der Waals surface area contributed by atoms with Gasteiger partial charge in [0.05, 0.1) is 10.7 Å². The van der Waals surface area contributed by atoms with Crippen molar-refractivity contribution in [1.82, 2.24) is 10.3 Å². The van der Waals surface area contributed by atoms with E-state index in [1.807, 2.05) is 11.3 Å². The van der Waals surface area contributed by atoms with E-state index in [4.69, 9.17) is 4.98 Å². The van der Waals surface area contributed by atoms with E-state index in [1.165, 1.54) is 66.9 Å². The van der Waals surface area contributed by atoms with E-state index in [2.05, 4.69) is 26.1 Å². The summed E-state index contributed by atoms with van der Waals surface area (Å²) in [6.45, 7) is 7.74. The SMILES string of the molecule is CCCNC(Cc1nc(C)c(C)s1)C1CCCCCCC1. The Morgan fingerprint density at radius 3 is 2.38 bits per heavy atom. The average Bonchev–Trinajstić information content (AvgIpc) is 2.73. The third kappa shape index (κ3) is 5.37. The number of hydrogen-bond acceptors (Lipinski definition) is 3. The predicted molar refractivity (Wildman–Crippen MR) is 93.2 cm³/mol. The molecule has 21 heavy (non-hydrogen) atoms. The highest BCUT2D eigenvalue weighted by atomic mass is 32.1. The van der Waals surface area contributed by atoms with Crippen molar-refractivity contribution in [3.63, 3.8) is 0 Å². The fourth-order valence-corrected chi connectivity index (χ4v) is 4.43. The van der Waals surface area contributed by atoms with Gasteiger partial charge in [-0.15, -0.1) is 11.3 Å². The van der Waals surface area contributed by atoms with Crippen LogP contribution in [0.3, 0.4) is 0 Å². The molecule has 1 atom stereocenters. The zero-order chi connectivity index (χ0) is 15.1. The molecule has 0 amide bonds. The summed E-state index contributed by atoms with van der Waals surface area (Å²) in [6.07, 6.45) is 12.3. The average molecular weight is 309 g/mol. The van der Waals surface area contributed by atoms with Crippen molar-refractivity contribution in [2.45, 2.75) is 84.6 Å². The van der Waals surface area contributed by atoms with E-state index in [9.17, 15) is 0 Å². The molecule has 1 aromatic heterocycles. The predicted octanol–water partition coefficient (Wildman–Crippen LogP) is 5.03. The minimum absolute atomic E-state index is 0.632. The lowest BCUT2D eigenvalue weighted by Crippen LogP contribution is -2.39. The second kappa shape index (κ2) is 8.89.